The van der Waals surface area contributed by atoms with E-state index < -0.39 is 0 Å². The molecule has 0 spiro atoms. The molecule has 0 saturated heterocycles. The Kier molecular flexibility index (Phi) is 7.14. The van der Waals surface area contributed by atoms with E-state index in [9.17, 15) is 0 Å². The van der Waals surface area contributed by atoms with Crippen molar-refractivity contribution in [3.63, 3.8) is 0 Å². The van der Waals surface area contributed by atoms with Crippen LogP contribution in [0, 0.1) is 0 Å². The molecule has 1 heterocycles. The van der Waals surface area contributed by atoms with E-state index in [4.69, 9.17) is 0 Å². The number of rotatable bonds is 5. The Morgan fingerprint density at radius 2 is 1.11 bits per heavy atom. The van der Waals surface area contributed by atoms with Gasteiger partial charge in [-0.15, -0.1) is 11.3 Å². The van der Waals surface area contributed by atoms with Gasteiger partial charge in [-0.05, 0) is 109 Å². The molecule has 0 N–H and O–H groups in total. The van der Waals surface area contributed by atoms with Crippen LogP contribution >= 0.6 is 11.3 Å². The lowest BCUT2D eigenvalue weighted by molar-refractivity contribution is 0.660. The van der Waals surface area contributed by atoms with Gasteiger partial charge < -0.3 is 4.90 Å². The van der Waals surface area contributed by atoms with Gasteiger partial charge in [0.1, 0.15) is 0 Å². The molecule has 11 rings (SSSR count). The molecule has 0 aliphatic heterocycles. The van der Waals surface area contributed by atoms with Crippen molar-refractivity contribution in [3.05, 3.63) is 199 Å². The number of thiophene rings is 1. The third-order valence-corrected chi connectivity index (χ3v) is 13.0. The van der Waals surface area contributed by atoms with Crippen LogP contribution < -0.4 is 4.90 Å². The minimum atomic E-state index is -0.0992. The minimum Gasteiger partial charge on any atom is -0.310 e. The average Bonchev–Trinajstić information content (AvgIpc) is 3.74. The lowest BCUT2D eigenvalue weighted by atomic mass is 9.82. The summed E-state index contributed by atoms with van der Waals surface area (Å²) in [5.74, 6) is 0. The quantitative estimate of drug-likeness (QED) is 0.171. The van der Waals surface area contributed by atoms with Gasteiger partial charge in [0.15, 0.2) is 0 Å². The van der Waals surface area contributed by atoms with Gasteiger partial charge in [-0.25, -0.2) is 0 Å². The van der Waals surface area contributed by atoms with Crippen LogP contribution in [0.15, 0.2) is 188 Å². The van der Waals surface area contributed by atoms with Crippen LogP contribution in [0.25, 0.3) is 75.1 Å². The van der Waals surface area contributed by atoms with Crippen LogP contribution in [0.5, 0.6) is 0 Å². The van der Waals surface area contributed by atoms with E-state index in [1.807, 2.05) is 11.3 Å². The molecule has 0 unspecified atom stereocenters. The summed E-state index contributed by atoms with van der Waals surface area (Å²) >= 11 is 1.88. The first-order valence-electron chi connectivity index (χ1n) is 19.1. The second-order valence-electron chi connectivity index (χ2n) is 15.3. The zero-order valence-corrected chi connectivity index (χ0v) is 31.6. The largest absolute Gasteiger partial charge is 0.310 e. The summed E-state index contributed by atoms with van der Waals surface area (Å²) in [6, 6.07) is 69.6. The van der Waals surface area contributed by atoms with Crippen LogP contribution in [-0.4, -0.2) is 0 Å². The maximum atomic E-state index is 2.47. The third-order valence-electron chi connectivity index (χ3n) is 11.8. The number of nitrogens with zero attached hydrogens (tertiary/aromatic N) is 1. The van der Waals surface area contributed by atoms with Gasteiger partial charge in [0.05, 0.1) is 5.69 Å². The summed E-state index contributed by atoms with van der Waals surface area (Å²) < 4.78 is 2.67. The predicted molar refractivity (Wildman–Crippen MR) is 237 cm³/mol. The van der Waals surface area contributed by atoms with E-state index in [1.165, 1.54) is 91.9 Å². The first kappa shape index (κ1) is 32.0. The van der Waals surface area contributed by atoms with Crippen molar-refractivity contribution in [2.24, 2.45) is 0 Å². The Morgan fingerprint density at radius 3 is 2.02 bits per heavy atom. The SMILES string of the molecule is CC1(C)c2ccccc2-c2c(N(c3ccc(-c4cccc5c4ccc4sc6ccccc6c45)cc3)c3cccc(-c4ccc5ccccc5c4)c3)cccc21. The number of benzene rings is 9. The van der Waals surface area contributed by atoms with Gasteiger partial charge in [-0.3, -0.25) is 0 Å². The number of hydrogen-bond donors (Lipinski definition) is 0. The Labute approximate surface area is 325 Å². The number of hydrogen-bond acceptors (Lipinski definition) is 2. The molecule has 1 nitrogen and oxygen atoms in total. The molecule has 1 aliphatic carbocycles. The fourth-order valence-electron chi connectivity index (χ4n) is 9.17. The normalized spacial score (nSPS) is 13.1. The molecule has 10 aromatic rings. The van der Waals surface area contributed by atoms with Crippen molar-refractivity contribution in [1.29, 1.82) is 0 Å². The molecule has 0 fully saturated rings. The highest BCUT2D eigenvalue weighted by Gasteiger charge is 2.37. The van der Waals surface area contributed by atoms with Crippen LogP contribution in [0.2, 0.25) is 0 Å². The van der Waals surface area contributed by atoms with Gasteiger partial charge in [0.2, 0.25) is 0 Å². The van der Waals surface area contributed by atoms with Crippen molar-refractivity contribution < 1.29 is 0 Å². The van der Waals surface area contributed by atoms with E-state index in [0.29, 0.717) is 0 Å². The second-order valence-corrected chi connectivity index (χ2v) is 16.4. The monoisotopic (exact) mass is 719 g/mol. The number of anilines is 3. The van der Waals surface area contributed by atoms with Crippen molar-refractivity contribution in [2.45, 2.75) is 19.3 Å². The molecule has 0 amide bonds. The summed E-state index contributed by atoms with van der Waals surface area (Å²) in [6.45, 7) is 4.72. The Morgan fingerprint density at radius 1 is 0.418 bits per heavy atom. The van der Waals surface area contributed by atoms with E-state index in [0.717, 1.165) is 11.4 Å². The highest BCUT2D eigenvalue weighted by Crippen LogP contribution is 2.54. The maximum Gasteiger partial charge on any atom is 0.0543 e. The van der Waals surface area contributed by atoms with Gasteiger partial charge in [-0.1, -0.05) is 153 Å². The molecule has 9 aromatic carbocycles. The summed E-state index contributed by atoms with van der Waals surface area (Å²) in [5.41, 5.74) is 13.6. The first-order chi connectivity index (χ1) is 27.0. The molecular formula is C53H37NS. The average molecular weight is 720 g/mol. The Bertz CT molecular complexity index is 3130. The third kappa shape index (κ3) is 4.99. The van der Waals surface area contributed by atoms with Crippen molar-refractivity contribution in [2.75, 3.05) is 4.90 Å². The van der Waals surface area contributed by atoms with Crippen LogP contribution in [0.3, 0.4) is 0 Å². The Balaban J connectivity index is 1.08. The molecule has 0 bridgehead atoms. The van der Waals surface area contributed by atoms with Crippen molar-refractivity contribution >= 4 is 70.1 Å². The molecule has 0 radical (unpaired) electrons. The molecule has 0 saturated carbocycles. The zero-order chi connectivity index (χ0) is 36.7. The summed E-state index contributed by atoms with van der Waals surface area (Å²) in [7, 11) is 0. The van der Waals surface area contributed by atoms with Crippen molar-refractivity contribution in [1.82, 2.24) is 0 Å². The summed E-state index contributed by atoms with van der Waals surface area (Å²) in [6.07, 6.45) is 0. The summed E-state index contributed by atoms with van der Waals surface area (Å²) in [4.78, 5) is 2.47. The lowest BCUT2D eigenvalue weighted by Crippen LogP contribution is -2.16. The van der Waals surface area contributed by atoms with E-state index in [-0.39, 0.29) is 5.41 Å². The molecular weight excluding hydrogens is 683 g/mol. The van der Waals surface area contributed by atoms with E-state index >= 15 is 0 Å². The van der Waals surface area contributed by atoms with Gasteiger partial charge >= 0.3 is 0 Å². The first-order valence-corrected chi connectivity index (χ1v) is 19.9. The number of fused-ring (bicyclic) bond motifs is 9. The molecule has 0 atom stereocenters. The fourth-order valence-corrected chi connectivity index (χ4v) is 10.3. The van der Waals surface area contributed by atoms with E-state index in [1.54, 1.807) is 0 Å². The lowest BCUT2D eigenvalue weighted by Gasteiger charge is -2.29. The van der Waals surface area contributed by atoms with Gasteiger partial charge in [0.25, 0.3) is 0 Å². The van der Waals surface area contributed by atoms with Crippen LogP contribution in [0.4, 0.5) is 17.1 Å². The van der Waals surface area contributed by atoms with Crippen LogP contribution in [0.1, 0.15) is 25.0 Å². The van der Waals surface area contributed by atoms with Crippen LogP contribution in [-0.2, 0) is 5.41 Å². The summed E-state index contributed by atoms with van der Waals surface area (Å²) in [5, 5.41) is 7.79. The van der Waals surface area contributed by atoms with Gasteiger partial charge in [-0.2, -0.15) is 0 Å². The topological polar surface area (TPSA) is 3.24 Å². The Hall–Kier alpha value is -6.48. The molecule has 260 valence electrons. The highest BCUT2D eigenvalue weighted by molar-refractivity contribution is 7.26. The second kappa shape index (κ2) is 12.3. The van der Waals surface area contributed by atoms with E-state index in [2.05, 4.69) is 207 Å². The van der Waals surface area contributed by atoms with Crippen molar-refractivity contribution in [3.8, 4) is 33.4 Å². The minimum absolute atomic E-state index is 0.0992. The predicted octanol–water partition coefficient (Wildman–Crippen LogP) is 15.5. The molecule has 2 heteroatoms. The molecule has 1 aliphatic rings. The maximum absolute atomic E-state index is 2.47. The smallest absolute Gasteiger partial charge is 0.0543 e. The highest BCUT2D eigenvalue weighted by atomic mass is 32.1. The van der Waals surface area contributed by atoms with Gasteiger partial charge in [0, 0.05) is 42.5 Å². The molecule has 1 aromatic heterocycles. The fraction of sp³-hybridized carbons (Fsp3) is 0.0566. The zero-order valence-electron chi connectivity index (χ0n) is 30.8. The standard InChI is InChI=1S/C53H37NS/c1-53(2)46-20-7-5-16-44(46)52-47(53)21-11-22-48(52)54(40-15-9-14-37(33-40)38-25-24-34-12-3-4-13-36(34)32-38)39-28-26-35(27-29-39)41-18-10-19-43-42(41)30-31-50-51(43)45-17-6-8-23-49(45)55-50/h3-33H,1-2H3. The molecule has 55 heavy (non-hydrogen) atoms.